The molecule has 15 heavy (non-hydrogen) atoms. The molecule has 76 valence electrons. The van der Waals surface area contributed by atoms with Crippen molar-refractivity contribution < 1.29 is 4.39 Å². The standard InChI is InChI=1S/C14H13F/c15-14-9-5-4-8-13(14)11-10-12-6-2-1-3-7-12/h1-8,10-11,14H,9H2/b11-10+/t14-/m0/s1. The Kier molecular flexibility index (Phi) is 3.13. The van der Waals surface area contributed by atoms with E-state index < -0.39 is 6.17 Å². The van der Waals surface area contributed by atoms with Gasteiger partial charge in [-0.1, -0.05) is 60.7 Å². The molecule has 0 amide bonds. The summed E-state index contributed by atoms with van der Waals surface area (Å²) < 4.78 is 13.4. The summed E-state index contributed by atoms with van der Waals surface area (Å²) >= 11 is 0. The van der Waals surface area contributed by atoms with E-state index in [9.17, 15) is 4.39 Å². The highest BCUT2D eigenvalue weighted by Gasteiger charge is 2.10. The van der Waals surface area contributed by atoms with Crippen LogP contribution in [0.5, 0.6) is 0 Å². The van der Waals surface area contributed by atoms with Gasteiger partial charge >= 0.3 is 0 Å². The van der Waals surface area contributed by atoms with Crippen LogP contribution in [-0.4, -0.2) is 6.17 Å². The van der Waals surface area contributed by atoms with Gasteiger partial charge in [0.15, 0.2) is 0 Å². The Balaban J connectivity index is 2.12. The monoisotopic (exact) mass is 200 g/mol. The zero-order valence-electron chi connectivity index (χ0n) is 8.44. The lowest BCUT2D eigenvalue weighted by atomic mass is 10.0. The summed E-state index contributed by atoms with van der Waals surface area (Å²) in [6.07, 6.45) is 9.01. The van der Waals surface area contributed by atoms with E-state index in [1.165, 1.54) is 0 Å². The lowest BCUT2D eigenvalue weighted by Crippen LogP contribution is -2.03. The highest BCUT2D eigenvalue weighted by atomic mass is 19.1. The van der Waals surface area contributed by atoms with Crippen LogP contribution in [-0.2, 0) is 0 Å². The Hall–Kier alpha value is -1.63. The molecule has 1 aliphatic rings. The molecule has 0 aliphatic heterocycles. The molecule has 1 aliphatic carbocycles. The topological polar surface area (TPSA) is 0 Å². The van der Waals surface area contributed by atoms with Gasteiger partial charge in [-0.2, -0.15) is 0 Å². The van der Waals surface area contributed by atoms with Crippen LogP contribution in [0.3, 0.4) is 0 Å². The van der Waals surface area contributed by atoms with E-state index in [0.717, 1.165) is 11.1 Å². The van der Waals surface area contributed by atoms with Gasteiger partial charge in [-0.25, -0.2) is 4.39 Å². The molecule has 0 heterocycles. The fraction of sp³-hybridized carbons (Fsp3) is 0.143. The average molecular weight is 200 g/mol. The van der Waals surface area contributed by atoms with Crippen LogP contribution in [0.2, 0.25) is 0 Å². The van der Waals surface area contributed by atoms with Crippen LogP contribution in [0.15, 0.2) is 60.2 Å². The number of hydrogen-bond donors (Lipinski definition) is 0. The number of hydrogen-bond acceptors (Lipinski definition) is 0. The Morgan fingerprint density at radius 1 is 1.13 bits per heavy atom. The van der Waals surface area contributed by atoms with Crippen LogP contribution in [0, 0.1) is 0 Å². The van der Waals surface area contributed by atoms with Gasteiger partial charge in [0.2, 0.25) is 0 Å². The van der Waals surface area contributed by atoms with E-state index >= 15 is 0 Å². The Morgan fingerprint density at radius 2 is 1.93 bits per heavy atom. The van der Waals surface area contributed by atoms with Crippen LogP contribution in [0.25, 0.3) is 6.08 Å². The van der Waals surface area contributed by atoms with Crippen molar-refractivity contribution in [2.45, 2.75) is 12.6 Å². The first-order valence-electron chi connectivity index (χ1n) is 5.10. The zero-order chi connectivity index (χ0) is 10.5. The molecule has 0 N–H and O–H groups in total. The third kappa shape index (κ3) is 2.66. The second-order valence-electron chi connectivity index (χ2n) is 3.54. The minimum atomic E-state index is -0.852. The van der Waals surface area contributed by atoms with Gasteiger partial charge < -0.3 is 0 Å². The minimum Gasteiger partial charge on any atom is -0.242 e. The Labute approximate surface area is 89.4 Å². The van der Waals surface area contributed by atoms with E-state index in [0.29, 0.717) is 6.42 Å². The van der Waals surface area contributed by atoms with Crippen LogP contribution in [0.1, 0.15) is 12.0 Å². The molecular formula is C14H13F. The van der Waals surface area contributed by atoms with Crippen LogP contribution in [0.4, 0.5) is 4.39 Å². The summed E-state index contributed by atoms with van der Waals surface area (Å²) in [5, 5.41) is 0. The molecule has 0 nitrogen and oxygen atoms in total. The van der Waals surface area contributed by atoms with Crippen molar-refractivity contribution in [3.63, 3.8) is 0 Å². The predicted octanol–water partition coefficient (Wildman–Crippen LogP) is 3.92. The molecule has 2 rings (SSSR count). The van der Waals surface area contributed by atoms with Crippen molar-refractivity contribution in [3.8, 4) is 0 Å². The van der Waals surface area contributed by atoms with E-state index in [2.05, 4.69) is 0 Å². The number of alkyl halides is 1. The summed E-state index contributed by atoms with van der Waals surface area (Å²) in [4.78, 5) is 0. The van der Waals surface area contributed by atoms with Crippen LogP contribution < -0.4 is 0 Å². The maximum atomic E-state index is 13.4. The maximum absolute atomic E-state index is 13.4. The van der Waals surface area contributed by atoms with Gasteiger partial charge in [-0.3, -0.25) is 0 Å². The largest absolute Gasteiger partial charge is 0.242 e. The Bertz CT molecular complexity index is 399. The number of benzene rings is 1. The summed E-state index contributed by atoms with van der Waals surface area (Å²) in [6.45, 7) is 0. The highest BCUT2D eigenvalue weighted by Crippen LogP contribution is 2.18. The molecular weight excluding hydrogens is 187 g/mol. The SMILES string of the molecule is F[C@H]1CC=CC=C1/C=C/c1ccccc1. The maximum Gasteiger partial charge on any atom is 0.129 e. The fourth-order valence-corrected chi connectivity index (χ4v) is 1.53. The van der Waals surface area contributed by atoms with E-state index in [1.807, 2.05) is 60.7 Å². The average Bonchev–Trinajstić information content (AvgIpc) is 2.29. The summed E-state index contributed by atoms with van der Waals surface area (Å²) in [7, 11) is 0. The third-order valence-corrected chi connectivity index (χ3v) is 2.40. The predicted molar refractivity (Wildman–Crippen MR) is 62.2 cm³/mol. The van der Waals surface area contributed by atoms with Crippen molar-refractivity contribution in [1.82, 2.24) is 0 Å². The van der Waals surface area contributed by atoms with Gasteiger partial charge in [0.05, 0.1) is 0 Å². The molecule has 1 atom stereocenters. The van der Waals surface area contributed by atoms with Gasteiger partial charge in [0.25, 0.3) is 0 Å². The fourth-order valence-electron chi connectivity index (χ4n) is 1.53. The minimum absolute atomic E-state index is 0.491. The lowest BCUT2D eigenvalue weighted by molar-refractivity contribution is 0.389. The molecule has 0 spiro atoms. The number of allylic oxidation sites excluding steroid dienone is 5. The smallest absolute Gasteiger partial charge is 0.129 e. The molecule has 0 aromatic heterocycles. The summed E-state index contributed by atoms with van der Waals surface area (Å²) in [6, 6.07) is 9.92. The van der Waals surface area contributed by atoms with Crippen LogP contribution >= 0.6 is 0 Å². The Morgan fingerprint density at radius 3 is 2.67 bits per heavy atom. The number of rotatable bonds is 2. The zero-order valence-corrected chi connectivity index (χ0v) is 8.44. The summed E-state index contributed by atoms with van der Waals surface area (Å²) in [5.74, 6) is 0. The first kappa shape index (κ1) is 9.91. The molecule has 0 bridgehead atoms. The highest BCUT2D eigenvalue weighted by molar-refractivity contribution is 5.54. The molecule has 0 saturated carbocycles. The van der Waals surface area contributed by atoms with Crippen molar-refractivity contribution in [3.05, 3.63) is 65.8 Å². The lowest BCUT2D eigenvalue weighted by Gasteiger charge is -2.09. The first-order chi connectivity index (χ1) is 7.36. The van der Waals surface area contributed by atoms with Crippen molar-refractivity contribution >= 4 is 6.08 Å². The third-order valence-electron chi connectivity index (χ3n) is 2.40. The van der Waals surface area contributed by atoms with E-state index in [1.54, 1.807) is 0 Å². The van der Waals surface area contributed by atoms with Gasteiger partial charge in [0.1, 0.15) is 6.17 Å². The van der Waals surface area contributed by atoms with Gasteiger partial charge in [0, 0.05) is 6.42 Å². The molecule has 0 fully saturated rings. The molecule has 0 unspecified atom stereocenters. The summed E-state index contributed by atoms with van der Waals surface area (Å²) in [5.41, 5.74) is 1.85. The second-order valence-corrected chi connectivity index (χ2v) is 3.54. The molecule has 1 heteroatoms. The van der Waals surface area contributed by atoms with Crippen molar-refractivity contribution in [2.24, 2.45) is 0 Å². The molecule has 1 aromatic carbocycles. The normalized spacial score (nSPS) is 20.6. The van der Waals surface area contributed by atoms with Gasteiger partial charge in [-0.05, 0) is 11.1 Å². The molecule has 0 saturated heterocycles. The van der Waals surface area contributed by atoms with Crippen molar-refractivity contribution in [1.29, 1.82) is 0 Å². The van der Waals surface area contributed by atoms with E-state index in [4.69, 9.17) is 0 Å². The van der Waals surface area contributed by atoms with Gasteiger partial charge in [-0.15, -0.1) is 0 Å². The quantitative estimate of drug-likeness (QED) is 0.678. The second kappa shape index (κ2) is 4.74. The first-order valence-corrected chi connectivity index (χ1v) is 5.10. The van der Waals surface area contributed by atoms with Crippen molar-refractivity contribution in [2.75, 3.05) is 0 Å². The molecule has 1 aromatic rings. The van der Waals surface area contributed by atoms with E-state index in [-0.39, 0.29) is 0 Å². The molecule has 0 radical (unpaired) electrons. The number of halogens is 1.